The molecule has 162 valence electrons. The number of carbonyl (C=O) groups excluding carboxylic acids is 1. The lowest BCUT2D eigenvalue weighted by atomic mass is 10.2. The third-order valence-electron chi connectivity index (χ3n) is 5.41. The fourth-order valence-corrected chi connectivity index (χ4v) is 6.86. The number of sulfonamides is 1. The van der Waals surface area contributed by atoms with Crippen molar-refractivity contribution >= 4 is 38.6 Å². The predicted molar refractivity (Wildman–Crippen MR) is 119 cm³/mol. The Morgan fingerprint density at radius 1 is 1.00 bits per heavy atom. The van der Waals surface area contributed by atoms with Crippen LogP contribution in [0.4, 0.5) is 11.4 Å². The first-order chi connectivity index (χ1) is 14.5. The van der Waals surface area contributed by atoms with Crippen molar-refractivity contribution in [3.05, 3.63) is 41.3 Å². The van der Waals surface area contributed by atoms with Gasteiger partial charge in [-0.3, -0.25) is 4.79 Å². The first-order valence-electron chi connectivity index (χ1n) is 10.3. The fraction of sp³-hybridized carbons (Fsp3) is 0.476. The van der Waals surface area contributed by atoms with Crippen LogP contribution >= 0.6 is 11.3 Å². The first kappa shape index (κ1) is 21.3. The lowest BCUT2D eigenvalue weighted by Gasteiger charge is -2.30. The molecule has 2 saturated heterocycles. The Hall–Kier alpha value is -1.94. The molecule has 4 rings (SSSR count). The van der Waals surface area contributed by atoms with Crippen LogP contribution in [-0.2, 0) is 26.0 Å². The van der Waals surface area contributed by atoms with E-state index in [9.17, 15) is 13.2 Å². The molecular formula is C21H27N3O4S2. The van der Waals surface area contributed by atoms with Gasteiger partial charge >= 0.3 is 0 Å². The van der Waals surface area contributed by atoms with E-state index in [1.165, 1.54) is 11.3 Å². The van der Waals surface area contributed by atoms with Gasteiger partial charge in [-0.1, -0.05) is 18.6 Å². The van der Waals surface area contributed by atoms with Crippen molar-refractivity contribution in [3.63, 3.8) is 0 Å². The molecule has 9 heteroatoms. The predicted octanol–water partition coefficient (Wildman–Crippen LogP) is 2.94. The number of amides is 1. The summed E-state index contributed by atoms with van der Waals surface area (Å²) in [5, 5.41) is 2.99. The normalized spacial score (nSPS) is 18.3. The van der Waals surface area contributed by atoms with Crippen LogP contribution in [0.2, 0.25) is 0 Å². The molecule has 1 N–H and O–H groups in total. The van der Waals surface area contributed by atoms with E-state index in [1.807, 2.05) is 24.3 Å². The van der Waals surface area contributed by atoms with Gasteiger partial charge in [0.05, 0.1) is 31.0 Å². The summed E-state index contributed by atoms with van der Waals surface area (Å²) in [6.45, 7) is 4.07. The summed E-state index contributed by atoms with van der Waals surface area (Å²) in [6, 6.07) is 11.1. The second-order valence-electron chi connectivity index (χ2n) is 7.53. The molecule has 30 heavy (non-hydrogen) atoms. The molecule has 1 aromatic heterocycles. The second-order valence-corrected chi connectivity index (χ2v) is 10.9. The third-order valence-corrected chi connectivity index (χ3v) is 8.86. The quantitative estimate of drug-likeness (QED) is 0.734. The van der Waals surface area contributed by atoms with Crippen LogP contribution in [0.5, 0.6) is 0 Å². The van der Waals surface area contributed by atoms with E-state index in [0.717, 1.165) is 48.6 Å². The van der Waals surface area contributed by atoms with Gasteiger partial charge in [0, 0.05) is 31.1 Å². The number of piperidine rings is 1. The van der Waals surface area contributed by atoms with Gasteiger partial charge < -0.3 is 15.0 Å². The maximum atomic E-state index is 12.8. The monoisotopic (exact) mass is 449 g/mol. The van der Waals surface area contributed by atoms with Gasteiger partial charge in [-0.25, -0.2) is 8.42 Å². The summed E-state index contributed by atoms with van der Waals surface area (Å²) >= 11 is 1.19. The van der Waals surface area contributed by atoms with Crippen molar-refractivity contribution in [2.24, 2.45) is 0 Å². The molecule has 1 amide bonds. The number of rotatable bonds is 6. The molecule has 7 nitrogen and oxygen atoms in total. The van der Waals surface area contributed by atoms with Gasteiger partial charge in [-0.2, -0.15) is 4.31 Å². The summed E-state index contributed by atoms with van der Waals surface area (Å²) in [7, 11) is -3.46. The lowest BCUT2D eigenvalue weighted by Crippen LogP contribution is -2.36. The second kappa shape index (κ2) is 9.47. The average molecular weight is 450 g/mol. The van der Waals surface area contributed by atoms with Gasteiger partial charge in [0.1, 0.15) is 4.21 Å². The first-order valence-corrected chi connectivity index (χ1v) is 12.6. The van der Waals surface area contributed by atoms with Gasteiger partial charge in [0.25, 0.3) is 10.0 Å². The standard InChI is InChI=1S/C21H27N3O4S2/c25-20(22-18-6-2-3-7-19(18)23-12-14-28-15-13-23)16-17-8-9-21(29-17)30(26,27)24-10-4-1-5-11-24/h2-3,6-9H,1,4-5,10-16H2,(H,22,25). The molecule has 0 bridgehead atoms. The van der Waals surface area contributed by atoms with E-state index >= 15 is 0 Å². The summed E-state index contributed by atoms with van der Waals surface area (Å²) in [6.07, 6.45) is 3.04. The van der Waals surface area contributed by atoms with E-state index in [-0.39, 0.29) is 12.3 Å². The zero-order chi connectivity index (χ0) is 21.0. The number of ether oxygens (including phenoxy) is 1. The van der Waals surface area contributed by atoms with Crippen molar-refractivity contribution in [1.29, 1.82) is 0 Å². The summed E-state index contributed by atoms with van der Waals surface area (Å²) in [5.41, 5.74) is 1.75. The summed E-state index contributed by atoms with van der Waals surface area (Å²) in [4.78, 5) is 15.6. The Labute approximate surface area is 181 Å². The maximum Gasteiger partial charge on any atom is 0.252 e. The van der Waals surface area contributed by atoms with E-state index in [4.69, 9.17) is 4.74 Å². The number of nitrogens with zero attached hydrogens (tertiary/aromatic N) is 2. The van der Waals surface area contributed by atoms with E-state index in [2.05, 4.69) is 10.2 Å². The van der Waals surface area contributed by atoms with Crippen molar-refractivity contribution in [2.45, 2.75) is 29.9 Å². The van der Waals surface area contributed by atoms with Crippen LogP contribution in [0.3, 0.4) is 0 Å². The molecule has 0 radical (unpaired) electrons. The van der Waals surface area contributed by atoms with Crippen molar-refractivity contribution in [2.75, 3.05) is 49.6 Å². The summed E-state index contributed by atoms with van der Waals surface area (Å²) in [5.74, 6) is -0.153. The maximum absolute atomic E-state index is 12.8. The molecule has 0 atom stereocenters. The Balaban J connectivity index is 1.42. The molecule has 2 aliphatic heterocycles. The number of thiophene rings is 1. The number of hydrogen-bond acceptors (Lipinski definition) is 6. The van der Waals surface area contributed by atoms with E-state index < -0.39 is 10.0 Å². The van der Waals surface area contributed by atoms with Crippen LogP contribution in [0, 0.1) is 0 Å². The van der Waals surface area contributed by atoms with Crippen LogP contribution in [0.15, 0.2) is 40.6 Å². The number of morpholine rings is 1. The van der Waals surface area contributed by atoms with Gasteiger partial charge in [-0.15, -0.1) is 11.3 Å². The van der Waals surface area contributed by atoms with Crippen LogP contribution in [-0.4, -0.2) is 58.0 Å². The SMILES string of the molecule is O=C(Cc1ccc(S(=O)(=O)N2CCCCC2)s1)Nc1ccccc1N1CCOCC1. The third kappa shape index (κ3) is 4.85. The minimum Gasteiger partial charge on any atom is -0.378 e. The van der Waals surface area contributed by atoms with Crippen LogP contribution < -0.4 is 10.2 Å². The molecule has 0 saturated carbocycles. The molecule has 2 aromatic rings. The molecule has 2 fully saturated rings. The largest absolute Gasteiger partial charge is 0.378 e. The molecule has 2 aliphatic rings. The molecule has 0 aliphatic carbocycles. The van der Waals surface area contributed by atoms with E-state index in [0.29, 0.717) is 30.5 Å². The van der Waals surface area contributed by atoms with Crippen molar-refractivity contribution < 1.29 is 17.9 Å². The molecule has 0 spiro atoms. The smallest absolute Gasteiger partial charge is 0.252 e. The number of nitrogens with one attached hydrogen (secondary N) is 1. The Bertz CT molecular complexity index is 978. The highest BCUT2D eigenvalue weighted by Gasteiger charge is 2.27. The number of benzene rings is 1. The van der Waals surface area contributed by atoms with Crippen LogP contribution in [0.1, 0.15) is 24.1 Å². The number of hydrogen-bond donors (Lipinski definition) is 1. The number of carbonyl (C=O) groups is 1. The minimum atomic E-state index is -3.46. The highest BCUT2D eigenvalue weighted by atomic mass is 32.2. The number of anilines is 2. The Morgan fingerprint density at radius 2 is 1.73 bits per heavy atom. The Kier molecular flexibility index (Phi) is 6.72. The van der Waals surface area contributed by atoms with Gasteiger partial charge in [-0.05, 0) is 37.1 Å². The molecule has 1 aromatic carbocycles. The zero-order valence-corrected chi connectivity index (χ0v) is 18.5. The van der Waals surface area contributed by atoms with E-state index in [1.54, 1.807) is 16.4 Å². The molecule has 0 unspecified atom stereocenters. The van der Waals surface area contributed by atoms with Crippen molar-refractivity contribution in [3.8, 4) is 0 Å². The topological polar surface area (TPSA) is 79.0 Å². The summed E-state index contributed by atoms with van der Waals surface area (Å²) < 4.78 is 32.9. The Morgan fingerprint density at radius 3 is 2.50 bits per heavy atom. The van der Waals surface area contributed by atoms with Gasteiger partial charge in [0.15, 0.2) is 0 Å². The number of para-hydroxylation sites is 2. The van der Waals surface area contributed by atoms with Gasteiger partial charge in [0.2, 0.25) is 5.91 Å². The highest BCUT2D eigenvalue weighted by Crippen LogP contribution is 2.29. The zero-order valence-electron chi connectivity index (χ0n) is 16.9. The van der Waals surface area contributed by atoms with Crippen molar-refractivity contribution in [1.82, 2.24) is 4.31 Å². The lowest BCUT2D eigenvalue weighted by molar-refractivity contribution is -0.115. The average Bonchev–Trinajstić information content (AvgIpc) is 3.24. The highest BCUT2D eigenvalue weighted by molar-refractivity contribution is 7.91. The van der Waals surface area contributed by atoms with Crippen LogP contribution in [0.25, 0.3) is 0 Å². The minimum absolute atomic E-state index is 0.150. The fourth-order valence-electron chi connectivity index (χ4n) is 3.84. The molecular weight excluding hydrogens is 422 g/mol. The molecule has 3 heterocycles.